The predicted molar refractivity (Wildman–Crippen MR) is 92.8 cm³/mol. The molecule has 1 aliphatic carbocycles. The zero-order chi connectivity index (χ0) is 16.2. The van der Waals surface area contributed by atoms with Crippen molar-refractivity contribution in [1.29, 1.82) is 0 Å². The molecule has 0 bridgehead atoms. The van der Waals surface area contributed by atoms with Gasteiger partial charge in [-0.2, -0.15) is 0 Å². The maximum atomic E-state index is 12.6. The first-order valence-corrected chi connectivity index (χ1v) is 8.08. The molecule has 2 aromatic rings. The molecule has 0 spiro atoms. The SMILES string of the molecule is Cc1ccc(/C=C\C(=O)N(Cc2ccncc2)C2CC2)c(C)c1. The molecule has 0 N–H and O–H groups in total. The van der Waals surface area contributed by atoms with Crippen molar-refractivity contribution in [2.24, 2.45) is 0 Å². The van der Waals surface area contributed by atoms with Crippen LogP contribution in [0.5, 0.6) is 0 Å². The van der Waals surface area contributed by atoms with Crippen LogP contribution in [0, 0.1) is 13.8 Å². The fraction of sp³-hybridized carbons (Fsp3) is 0.300. The van der Waals surface area contributed by atoms with Crippen molar-refractivity contribution < 1.29 is 4.79 Å². The fourth-order valence-corrected chi connectivity index (χ4v) is 2.73. The van der Waals surface area contributed by atoms with Gasteiger partial charge in [0.15, 0.2) is 0 Å². The first kappa shape index (κ1) is 15.5. The Morgan fingerprint density at radius 2 is 1.96 bits per heavy atom. The molecule has 0 unspecified atom stereocenters. The molecule has 23 heavy (non-hydrogen) atoms. The van der Waals surface area contributed by atoms with Gasteiger partial charge in [-0.3, -0.25) is 9.78 Å². The molecule has 1 fully saturated rings. The Balaban J connectivity index is 1.72. The Morgan fingerprint density at radius 1 is 1.22 bits per heavy atom. The van der Waals surface area contributed by atoms with Gasteiger partial charge in [-0.05, 0) is 61.6 Å². The molecule has 0 aliphatic heterocycles. The molecule has 1 heterocycles. The Hall–Kier alpha value is -2.42. The Morgan fingerprint density at radius 3 is 2.61 bits per heavy atom. The van der Waals surface area contributed by atoms with Gasteiger partial charge in [0.25, 0.3) is 0 Å². The van der Waals surface area contributed by atoms with Crippen LogP contribution in [0.15, 0.2) is 48.8 Å². The number of pyridine rings is 1. The number of hydrogen-bond acceptors (Lipinski definition) is 2. The Labute approximate surface area is 137 Å². The summed E-state index contributed by atoms with van der Waals surface area (Å²) in [5.41, 5.74) is 4.66. The summed E-state index contributed by atoms with van der Waals surface area (Å²) in [6, 6.07) is 10.6. The lowest BCUT2D eigenvalue weighted by Gasteiger charge is -2.21. The average Bonchev–Trinajstić information content (AvgIpc) is 3.37. The molecule has 0 radical (unpaired) electrons. The van der Waals surface area contributed by atoms with Crippen LogP contribution in [0.2, 0.25) is 0 Å². The number of nitrogens with zero attached hydrogens (tertiary/aromatic N) is 2. The number of hydrogen-bond donors (Lipinski definition) is 0. The van der Waals surface area contributed by atoms with Gasteiger partial charge in [0, 0.05) is 31.1 Å². The second-order valence-electron chi connectivity index (χ2n) is 6.25. The fourth-order valence-electron chi connectivity index (χ4n) is 2.73. The van der Waals surface area contributed by atoms with Gasteiger partial charge < -0.3 is 4.90 Å². The normalized spacial score (nSPS) is 14.2. The van der Waals surface area contributed by atoms with E-state index in [1.807, 2.05) is 23.1 Å². The van der Waals surface area contributed by atoms with E-state index in [1.54, 1.807) is 18.5 Å². The van der Waals surface area contributed by atoms with Crippen molar-refractivity contribution in [3.63, 3.8) is 0 Å². The summed E-state index contributed by atoms with van der Waals surface area (Å²) in [4.78, 5) is 18.6. The summed E-state index contributed by atoms with van der Waals surface area (Å²) in [6.45, 7) is 4.81. The molecule has 1 amide bonds. The number of aryl methyl sites for hydroxylation is 2. The highest BCUT2D eigenvalue weighted by Crippen LogP contribution is 2.28. The van der Waals surface area contributed by atoms with Crippen LogP contribution in [0.3, 0.4) is 0 Å². The van der Waals surface area contributed by atoms with Crippen LogP contribution < -0.4 is 0 Å². The largest absolute Gasteiger partial charge is 0.332 e. The molecular weight excluding hydrogens is 284 g/mol. The Bertz CT molecular complexity index is 718. The highest BCUT2D eigenvalue weighted by Gasteiger charge is 2.31. The molecule has 1 aromatic heterocycles. The van der Waals surface area contributed by atoms with E-state index in [0.29, 0.717) is 12.6 Å². The number of rotatable bonds is 5. The monoisotopic (exact) mass is 306 g/mol. The van der Waals surface area contributed by atoms with E-state index < -0.39 is 0 Å². The number of carbonyl (C=O) groups is 1. The molecule has 1 aromatic carbocycles. The first-order valence-electron chi connectivity index (χ1n) is 8.08. The van der Waals surface area contributed by atoms with Gasteiger partial charge in [-0.25, -0.2) is 0 Å². The van der Waals surface area contributed by atoms with Crippen molar-refractivity contribution in [2.75, 3.05) is 0 Å². The highest BCUT2D eigenvalue weighted by molar-refractivity contribution is 5.92. The van der Waals surface area contributed by atoms with Crippen molar-refractivity contribution in [3.8, 4) is 0 Å². The van der Waals surface area contributed by atoms with Crippen LogP contribution >= 0.6 is 0 Å². The zero-order valence-corrected chi connectivity index (χ0v) is 13.7. The van der Waals surface area contributed by atoms with E-state index >= 15 is 0 Å². The van der Waals surface area contributed by atoms with Gasteiger partial charge in [0.05, 0.1) is 0 Å². The minimum Gasteiger partial charge on any atom is -0.332 e. The zero-order valence-electron chi connectivity index (χ0n) is 13.7. The molecule has 3 heteroatoms. The molecule has 1 aliphatic rings. The topological polar surface area (TPSA) is 33.2 Å². The lowest BCUT2D eigenvalue weighted by atomic mass is 10.1. The standard InChI is InChI=1S/C20H22N2O/c1-15-3-4-18(16(2)13-15)5-8-20(23)22(19-6-7-19)14-17-9-11-21-12-10-17/h3-5,8-13,19H,6-7,14H2,1-2H3/b8-5-. The van der Waals surface area contributed by atoms with E-state index in [4.69, 9.17) is 0 Å². The summed E-state index contributed by atoms with van der Waals surface area (Å²) in [6.07, 6.45) is 9.39. The number of amides is 1. The summed E-state index contributed by atoms with van der Waals surface area (Å²) in [7, 11) is 0. The lowest BCUT2D eigenvalue weighted by molar-refractivity contribution is -0.127. The van der Waals surface area contributed by atoms with Gasteiger partial charge in [-0.1, -0.05) is 23.8 Å². The third-order valence-electron chi connectivity index (χ3n) is 4.20. The molecule has 1 saturated carbocycles. The highest BCUT2D eigenvalue weighted by atomic mass is 16.2. The summed E-state index contributed by atoms with van der Waals surface area (Å²) < 4.78 is 0. The Kier molecular flexibility index (Phi) is 4.56. The van der Waals surface area contributed by atoms with E-state index in [0.717, 1.165) is 24.0 Å². The molecular formula is C20H22N2O. The van der Waals surface area contributed by atoms with Crippen molar-refractivity contribution in [2.45, 2.75) is 39.3 Å². The number of carbonyl (C=O) groups excluding carboxylic acids is 1. The van der Waals surface area contributed by atoms with Crippen LogP contribution in [-0.2, 0) is 11.3 Å². The van der Waals surface area contributed by atoms with E-state index in [1.165, 1.54) is 11.1 Å². The molecule has 3 rings (SSSR count). The van der Waals surface area contributed by atoms with E-state index in [-0.39, 0.29) is 5.91 Å². The van der Waals surface area contributed by atoms with E-state index in [2.05, 4.69) is 37.0 Å². The third kappa shape index (κ3) is 4.07. The maximum absolute atomic E-state index is 12.6. The maximum Gasteiger partial charge on any atom is 0.247 e. The van der Waals surface area contributed by atoms with Crippen molar-refractivity contribution >= 4 is 12.0 Å². The van der Waals surface area contributed by atoms with Gasteiger partial charge in [-0.15, -0.1) is 0 Å². The molecule has 3 nitrogen and oxygen atoms in total. The molecule has 0 atom stereocenters. The van der Waals surface area contributed by atoms with Gasteiger partial charge in [0.2, 0.25) is 5.91 Å². The van der Waals surface area contributed by atoms with Crippen LogP contribution in [0.1, 0.15) is 35.1 Å². The first-order chi connectivity index (χ1) is 11.1. The number of aromatic nitrogens is 1. The minimum atomic E-state index is 0.0873. The van der Waals surface area contributed by atoms with Crippen LogP contribution in [-0.4, -0.2) is 21.8 Å². The second kappa shape index (κ2) is 6.78. The van der Waals surface area contributed by atoms with Gasteiger partial charge >= 0.3 is 0 Å². The molecule has 0 saturated heterocycles. The second-order valence-corrected chi connectivity index (χ2v) is 6.25. The lowest BCUT2D eigenvalue weighted by Crippen LogP contribution is -2.31. The predicted octanol–water partition coefficient (Wildman–Crippen LogP) is 3.90. The minimum absolute atomic E-state index is 0.0873. The summed E-state index contributed by atoms with van der Waals surface area (Å²) >= 11 is 0. The quantitative estimate of drug-likeness (QED) is 0.785. The van der Waals surface area contributed by atoms with Gasteiger partial charge in [0.1, 0.15) is 0 Å². The smallest absolute Gasteiger partial charge is 0.247 e. The van der Waals surface area contributed by atoms with E-state index in [9.17, 15) is 4.79 Å². The van der Waals surface area contributed by atoms with Crippen molar-refractivity contribution in [1.82, 2.24) is 9.88 Å². The summed E-state index contributed by atoms with van der Waals surface area (Å²) in [5, 5.41) is 0. The van der Waals surface area contributed by atoms with Crippen molar-refractivity contribution in [3.05, 3.63) is 71.1 Å². The molecule has 118 valence electrons. The van der Waals surface area contributed by atoms with Crippen LogP contribution in [0.25, 0.3) is 6.08 Å². The number of benzene rings is 1. The third-order valence-corrected chi connectivity index (χ3v) is 4.20. The summed E-state index contributed by atoms with van der Waals surface area (Å²) in [5.74, 6) is 0.0873. The average molecular weight is 306 g/mol. The van der Waals surface area contributed by atoms with Crippen LogP contribution in [0.4, 0.5) is 0 Å².